The van der Waals surface area contributed by atoms with Gasteiger partial charge in [0.15, 0.2) is 0 Å². The Morgan fingerprint density at radius 3 is 1.25 bits per heavy atom. The summed E-state index contributed by atoms with van der Waals surface area (Å²) in [6.45, 7) is 2.29. The van der Waals surface area contributed by atoms with Crippen LogP contribution in [0.2, 0.25) is 0 Å². The lowest BCUT2D eigenvalue weighted by Crippen LogP contribution is -1.84. The lowest BCUT2D eigenvalue weighted by Gasteiger charge is -2.03. The quantitative estimate of drug-likeness (QED) is 0.191. The van der Waals surface area contributed by atoms with Crippen LogP contribution in [0, 0.1) is 6.42 Å². The molecular weight excluding hydrogens is 264 g/mol. The van der Waals surface area contributed by atoms with Gasteiger partial charge in [-0.15, -0.1) is 11.6 Å². The molecule has 0 saturated heterocycles. The van der Waals surface area contributed by atoms with Gasteiger partial charge in [0.1, 0.15) is 0 Å². The normalized spacial score (nSPS) is 11.1. The van der Waals surface area contributed by atoms with Gasteiger partial charge in [0.2, 0.25) is 0 Å². The van der Waals surface area contributed by atoms with Crippen molar-refractivity contribution >= 4 is 11.6 Å². The summed E-state index contributed by atoms with van der Waals surface area (Å²) in [6.07, 6.45) is 25.0. The molecule has 0 bridgehead atoms. The second-order valence-corrected chi connectivity index (χ2v) is 6.49. The highest BCUT2D eigenvalue weighted by Gasteiger charge is 1.94. The van der Waals surface area contributed by atoms with Crippen LogP contribution in [0.1, 0.15) is 110 Å². The molecule has 0 N–H and O–H groups in total. The molecule has 0 aromatic rings. The molecule has 1 radical (unpaired) electrons. The maximum absolute atomic E-state index is 5.61. The molecule has 0 aromatic heterocycles. The van der Waals surface area contributed by atoms with E-state index in [0.717, 1.165) is 5.88 Å². The van der Waals surface area contributed by atoms with E-state index in [4.69, 9.17) is 11.6 Å². The third-order valence-corrected chi connectivity index (χ3v) is 4.34. The molecule has 1 heteroatoms. The third-order valence-electron chi connectivity index (χ3n) is 4.12. The minimum absolute atomic E-state index is 0.721. The number of rotatable bonds is 17. The van der Waals surface area contributed by atoms with Crippen LogP contribution in [-0.4, -0.2) is 5.88 Å². The van der Waals surface area contributed by atoms with Crippen LogP contribution in [-0.2, 0) is 0 Å². The van der Waals surface area contributed by atoms with Gasteiger partial charge in [-0.1, -0.05) is 103 Å². The average molecular weight is 302 g/mol. The van der Waals surface area contributed by atoms with Crippen LogP contribution in [0.3, 0.4) is 0 Å². The first-order valence-corrected chi connectivity index (χ1v) is 9.83. The van der Waals surface area contributed by atoms with Crippen molar-refractivity contribution in [3.63, 3.8) is 0 Å². The Labute approximate surface area is 134 Å². The predicted molar refractivity (Wildman–Crippen MR) is 94.6 cm³/mol. The van der Waals surface area contributed by atoms with Crippen molar-refractivity contribution in [1.29, 1.82) is 0 Å². The molecule has 121 valence electrons. The van der Waals surface area contributed by atoms with Crippen molar-refractivity contribution in [3.8, 4) is 0 Å². The number of alkyl halides is 1. The maximum atomic E-state index is 5.61. The molecule has 0 aliphatic rings. The summed E-state index contributed by atoms with van der Waals surface area (Å²) < 4.78 is 0. The highest BCUT2D eigenvalue weighted by molar-refractivity contribution is 6.18. The van der Waals surface area contributed by atoms with Crippen LogP contribution in [0.25, 0.3) is 0 Å². The number of halogens is 1. The van der Waals surface area contributed by atoms with E-state index in [9.17, 15) is 0 Å². The number of hydrogen-bond donors (Lipinski definition) is 0. The molecule has 0 amide bonds. The van der Waals surface area contributed by atoms with E-state index in [1.165, 1.54) is 103 Å². The number of hydrogen-bond acceptors (Lipinski definition) is 0. The SMILES string of the molecule is CCCCCCCCCCCCCCCCC[CH]CCl. The van der Waals surface area contributed by atoms with Crippen molar-refractivity contribution < 1.29 is 0 Å². The molecule has 0 aliphatic heterocycles. The second-order valence-electron chi connectivity index (χ2n) is 6.18. The Morgan fingerprint density at radius 1 is 0.550 bits per heavy atom. The zero-order chi connectivity index (χ0) is 14.7. The predicted octanol–water partition coefficient (Wildman–Crippen LogP) is 7.69. The molecule has 0 rings (SSSR count). The Morgan fingerprint density at radius 2 is 0.900 bits per heavy atom. The molecule has 0 aliphatic carbocycles. The van der Waals surface area contributed by atoms with Crippen LogP contribution < -0.4 is 0 Å². The van der Waals surface area contributed by atoms with Crippen LogP contribution in [0.5, 0.6) is 0 Å². The van der Waals surface area contributed by atoms with Gasteiger partial charge in [0.25, 0.3) is 0 Å². The minimum atomic E-state index is 0.721. The summed E-state index contributed by atoms with van der Waals surface area (Å²) in [5.74, 6) is 0.721. The molecule has 0 atom stereocenters. The summed E-state index contributed by atoms with van der Waals surface area (Å²) in [5.41, 5.74) is 0. The van der Waals surface area contributed by atoms with Gasteiger partial charge in [0, 0.05) is 5.88 Å². The summed E-state index contributed by atoms with van der Waals surface area (Å²) in [6, 6.07) is 0. The monoisotopic (exact) mass is 301 g/mol. The highest BCUT2D eigenvalue weighted by Crippen LogP contribution is 2.13. The fourth-order valence-electron chi connectivity index (χ4n) is 2.74. The summed E-state index contributed by atoms with van der Waals surface area (Å²) in [4.78, 5) is 0. The van der Waals surface area contributed by atoms with Crippen molar-refractivity contribution in [1.82, 2.24) is 0 Å². The van der Waals surface area contributed by atoms with Crippen molar-refractivity contribution in [3.05, 3.63) is 6.42 Å². The largest absolute Gasteiger partial charge is 0.126 e. The van der Waals surface area contributed by atoms with Crippen molar-refractivity contribution in [2.75, 3.05) is 5.88 Å². The Hall–Kier alpha value is 0.290. The first-order chi connectivity index (χ1) is 9.91. The van der Waals surface area contributed by atoms with Crippen LogP contribution in [0.15, 0.2) is 0 Å². The van der Waals surface area contributed by atoms with Crippen molar-refractivity contribution in [2.45, 2.75) is 110 Å². The lowest BCUT2D eigenvalue weighted by molar-refractivity contribution is 0.532. The van der Waals surface area contributed by atoms with Gasteiger partial charge in [-0.05, 0) is 12.8 Å². The summed E-state index contributed by atoms with van der Waals surface area (Å²) in [5, 5.41) is 0. The molecule has 0 heterocycles. The minimum Gasteiger partial charge on any atom is -0.126 e. The Kier molecular flexibility index (Phi) is 19.6. The van der Waals surface area contributed by atoms with Gasteiger partial charge < -0.3 is 0 Å². The molecule has 0 unspecified atom stereocenters. The van der Waals surface area contributed by atoms with E-state index in [0.29, 0.717) is 0 Å². The summed E-state index contributed by atoms with van der Waals surface area (Å²) in [7, 11) is 0. The van der Waals surface area contributed by atoms with E-state index >= 15 is 0 Å². The average Bonchev–Trinajstić information content (AvgIpc) is 2.47. The fraction of sp³-hybridized carbons (Fsp3) is 0.947. The van der Waals surface area contributed by atoms with E-state index in [1.54, 1.807) is 0 Å². The molecule has 0 spiro atoms. The molecular formula is C19H38Cl. The van der Waals surface area contributed by atoms with Gasteiger partial charge in [0.05, 0.1) is 0 Å². The van der Waals surface area contributed by atoms with Crippen LogP contribution >= 0.6 is 11.6 Å². The summed E-state index contributed by atoms with van der Waals surface area (Å²) >= 11 is 5.61. The topological polar surface area (TPSA) is 0 Å². The Balaban J connectivity index is 2.89. The van der Waals surface area contributed by atoms with Gasteiger partial charge >= 0.3 is 0 Å². The van der Waals surface area contributed by atoms with Gasteiger partial charge in [-0.2, -0.15) is 0 Å². The fourth-order valence-corrected chi connectivity index (χ4v) is 2.89. The van der Waals surface area contributed by atoms with Crippen LogP contribution in [0.4, 0.5) is 0 Å². The van der Waals surface area contributed by atoms with E-state index in [-0.39, 0.29) is 0 Å². The molecule has 0 fully saturated rings. The van der Waals surface area contributed by atoms with Gasteiger partial charge in [-0.25, -0.2) is 0 Å². The molecule has 20 heavy (non-hydrogen) atoms. The Bertz CT molecular complexity index is 138. The zero-order valence-electron chi connectivity index (χ0n) is 14.0. The molecule has 0 aromatic carbocycles. The lowest BCUT2D eigenvalue weighted by atomic mass is 10.0. The van der Waals surface area contributed by atoms with E-state index < -0.39 is 0 Å². The smallest absolute Gasteiger partial charge is 0.0254 e. The molecule has 0 saturated carbocycles. The van der Waals surface area contributed by atoms with Gasteiger partial charge in [-0.3, -0.25) is 0 Å². The van der Waals surface area contributed by atoms with Crippen molar-refractivity contribution in [2.24, 2.45) is 0 Å². The molecule has 0 nitrogen and oxygen atoms in total. The van der Waals surface area contributed by atoms with E-state index in [1.807, 2.05) is 0 Å². The highest BCUT2D eigenvalue weighted by atomic mass is 35.5. The first-order valence-electron chi connectivity index (χ1n) is 9.29. The van der Waals surface area contributed by atoms with E-state index in [2.05, 4.69) is 13.3 Å². The zero-order valence-corrected chi connectivity index (χ0v) is 14.7. The number of unbranched alkanes of at least 4 members (excludes halogenated alkanes) is 16. The maximum Gasteiger partial charge on any atom is 0.0254 e. The standard InChI is InChI=1S/C19H38Cl/c1-2-3-4-5-6-7-8-9-10-11-12-13-14-15-16-17-18-19-20/h18H,2-17,19H2,1H3. The first kappa shape index (κ1) is 20.3. The third kappa shape index (κ3) is 18.3. The second kappa shape index (κ2) is 19.3.